The summed E-state index contributed by atoms with van der Waals surface area (Å²) in [4.78, 5) is 23.8. The van der Waals surface area contributed by atoms with Crippen molar-refractivity contribution in [1.29, 1.82) is 0 Å². The van der Waals surface area contributed by atoms with Crippen LogP contribution in [0, 0.1) is 0 Å². The summed E-state index contributed by atoms with van der Waals surface area (Å²) in [7, 11) is 0. The minimum absolute atomic E-state index is 0.205. The Kier molecular flexibility index (Phi) is 39.9. The molecule has 0 bridgehead atoms. The first-order valence-electron chi connectivity index (χ1n) is 20.5. The summed E-state index contributed by atoms with van der Waals surface area (Å²) >= 11 is 1.59. The largest absolute Gasteiger partial charge is 0.435 e. The van der Waals surface area contributed by atoms with Crippen LogP contribution >= 0.6 is 11.8 Å². The molecule has 0 saturated carbocycles. The van der Waals surface area contributed by atoms with Crippen LogP contribution in [0.25, 0.3) is 0 Å². The molecule has 0 aliphatic carbocycles. The highest BCUT2D eigenvalue weighted by Gasteiger charge is 2.04. The second-order valence-corrected chi connectivity index (χ2v) is 14.8. The van der Waals surface area contributed by atoms with E-state index in [0.717, 1.165) is 25.7 Å². The highest BCUT2D eigenvalue weighted by atomic mass is 32.2. The second-order valence-electron chi connectivity index (χ2n) is 13.6. The number of thioether (sulfide) groups is 1. The molecule has 276 valence electrons. The highest BCUT2D eigenvalue weighted by molar-refractivity contribution is 7.99. The minimum Gasteiger partial charge on any atom is -0.435 e. The number of rotatable bonds is 38. The van der Waals surface area contributed by atoms with Gasteiger partial charge in [0.1, 0.15) is 0 Å². The van der Waals surface area contributed by atoms with Crippen molar-refractivity contribution in [1.82, 2.24) is 0 Å². The average molecular weight is 679 g/mol. The molecule has 0 radical (unpaired) electrons. The number of ether oxygens (including phenoxy) is 2. The van der Waals surface area contributed by atoms with Gasteiger partial charge < -0.3 is 9.47 Å². The van der Waals surface area contributed by atoms with Gasteiger partial charge in [-0.2, -0.15) is 11.8 Å². The Labute approximate surface area is 297 Å². The van der Waals surface area contributed by atoms with Crippen LogP contribution in [0.5, 0.6) is 0 Å². The third-order valence-electron chi connectivity index (χ3n) is 8.94. The Hall–Kier alpha value is -1.23. The Balaban J connectivity index is 3.36. The Morgan fingerprint density at radius 1 is 0.404 bits per heavy atom. The van der Waals surface area contributed by atoms with Crippen LogP contribution in [-0.4, -0.2) is 23.4 Å². The molecule has 0 N–H and O–H groups in total. The highest BCUT2D eigenvalue weighted by Crippen LogP contribution is 2.15. The molecule has 4 nitrogen and oxygen atoms in total. The van der Waals surface area contributed by atoms with Gasteiger partial charge in [-0.1, -0.05) is 181 Å². The predicted octanol–water partition coefficient (Wildman–Crippen LogP) is 14.4. The maximum atomic E-state index is 11.9. The second kappa shape index (κ2) is 40.9. The van der Waals surface area contributed by atoms with Crippen molar-refractivity contribution in [3.63, 3.8) is 0 Å². The lowest BCUT2D eigenvalue weighted by molar-refractivity contribution is -0.138. The summed E-state index contributed by atoms with van der Waals surface area (Å²) in [6.45, 7) is 4.56. The van der Waals surface area contributed by atoms with Gasteiger partial charge in [0, 0.05) is 11.5 Å². The normalized spacial score (nSPS) is 11.6. The third kappa shape index (κ3) is 40.9. The van der Waals surface area contributed by atoms with Gasteiger partial charge >= 0.3 is 11.9 Å². The standard InChI is InChI=1S/C42H78O4S/c1-3-5-7-9-11-13-15-17-19-21-23-25-27-29-31-33-37-45-41(43)35-39-47-40-36-42(44)46-38-34-32-30-28-26-24-22-20-18-16-14-12-10-8-6-4-2/h33-34,37-38H,3-32,35-36,39-40H2,1-2H3. The number of hydrogen-bond donors (Lipinski definition) is 0. The number of esters is 2. The summed E-state index contributed by atoms with van der Waals surface area (Å²) in [5.74, 6) is 0.911. The maximum Gasteiger partial charge on any atom is 0.311 e. The fraction of sp³-hybridized carbons (Fsp3) is 0.857. The van der Waals surface area contributed by atoms with Crippen molar-refractivity contribution in [2.24, 2.45) is 0 Å². The van der Waals surface area contributed by atoms with Crippen molar-refractivity contribution in [2.45, 2.75) is 219 Å². The quantitative estimate of drug-likeness (QED) is 0.0369. The van der Waals surface area contributed by atoms with Crippen LogP contribution < -0.4 is 0 Å². The van der Waals surface area contributed by atoms with E-state index in [1.54, 1.807) is 24.3 Å². The molecule has 0 aliphatic heterocycles. The summed E-state index contributed by atoms with van der Waals surface area (Å²) in [6, 6.07) is 0. The molecule has 0 unspecified atom stereocenters. The van der Waals surface area contributed by atoms with E-state index < -0.39 is 0 Å². The van der Waals surface area contributed by atoms with Crippen LogP contribution in [0.2, 0.25) is 0 Å². The fourth-order valence-corrected chi connectivity index (χ4v) is 6.65. The number of carbonyl (C=O) groups is 2. The molecule has 0 saturated heterocycles. The molecule has 0 atom stereocenters. The molecule has 0 aromatic rings. The van der Waals surface area contributed by atoms with Gasteiger partial charge in [0.05, 0.1) is 25.4 Å². The lowest BCUT2D eigenvalue weighted by atomic mass is 10.0. The van der Waals surface area contributed by atoms with Crippen molar-refractivity contribution in [3.05, 3.63) is 24.7 Å². The van der Waals surface area contributed by atoms with Crippen LogP contribution in [-0.2, 0) is 19.1 Å². The van der Waals surface area contributed by atoms with Crippen LogP contribution in [0.15, 0.2) is 24.7 Å². The minimum atomic E-state index is -0.205. The zero-order valence-electron chi connectivity index (χ0n) is 31.4. The molecule has 0 amide bonds. The zero-order chi connectivity index (χ0) is 34.1. The predicted molar refractivity (Wildman–Crippen MR) is 207 cm³/mol. The van der Waals surface area contributed by atoms with Crippen molar-refractivity contribution in [2.75, 3.05) is 11.5 Å². The van der Waals surface area contributed by atoms with E-state index in [9.17, 15) is 9.59 Å². The van der Waals surface area contributed by atoms with E-state index in [1.165, 1.54) is 167 Å². The monoisotopic (exact) mass is 679 g/mol. The Morgan fingerprint density at radius 3 is 0.936 bits per heavy atom. The number of unbranched alkanes of at least 4 members (excludes halogenated alkanes) is 28. The molecule has 0 aliphatic rings. The summed E-state index contributed by atoms with van der Waals surface area (Å²) in [6.07, 6.45) is 47.9. The zero-order valence-corrected chi connectivity index (χ0v) is 32.2. The number of carbonyl (C=O) groups excluding carboxylic acids is 2. The Morgan fingerprint density at radius 2 is 0.660 bits per heavy atom. The molecular weight excluding hydrogens is 601 g/mol. The first-order valence-corrected chi connectivity index (χ1v) is 21.6. The van der Waals surface area contributed by atoms with Crippen molar-refractivity contribution >= 4 is 23.7 Å². The first-order chi connectivity index (χ1) is 23.2. The fourth-order valence-electron chi connectivity index (χ4n) is 5.83. The third-order valence-corrected chi connectivity index (χ3v) is 9.93. The van der Waals surface area contributed by atoms with Gasteiger partial charge in [0.15, 0.2) is 0 Å². The lowest BCUT2D eigenvalue weighted by Gasteiger charge is -2.03. The van der Waals surface area contributed by atoms with Gasteiger partial charge in [0.25, 0.3) is 0 Å². The topological polar surface area (TPSA) is 52.6 Å². The summed E-state index contributed by atoms with van der Waals surface area (Å²) in [5.41, 5.74) is 0. The van der Waals surface area contributed by atoms with E-state index in [-0.39, 0.29) is 11.9 Å². The maximum absolute atomic E-state index is 11.9. The summed E-state index contributed by atoms with van der Waals surface area (Å²) < 4.78 is 10.4. The van der Waals surface area contributed by atoms with Gasteiger partial charge in [-0.05, 0) is 37.8 Å². The van der Waals surface area contributed by atoms with E-state index in [4.69, 9.17) is 9.47 Å². The van der Waals surface area contributed by atoms with Gasteiger partial charge in [-0.25, -0.2) is 0 Å². The molecule has 5 heteroatoms. The average Bonchev–Trinajstić information content (AvgIpc) is 3.07. The van der Waals surface area contributed by atoms with Crippen LogP contribution in [0.1, 0.15) is 219 Å². The number of hydrogen-bond acceptors (Lipinski definition) is 5. The van der Waals surface area contributed by atoms with Crippen LogP contribution in [0.4, 0.5) is 0 Å². The Bertz CT molecular complexity index is 647. The molecule has 47 heavy (non-hydrogen) atoms. The molecule has 0 heterocycles. The molecule has 0 aromatic heterocycles. The van der Waals surface area contributed by atoms with E-state index in [1.807, 2.05) is 12.2 Å². The molecule has 0 fully saturated rings. The van der Waals surface area contributed by atoms with E-state index >= 15 is 0 Å². The molecular formula is C42H78O4S. The van der Waals surface area contributed by atoms with Gasteiger partial charge in [-0.3, -0.25) is 9.59 Å². The van der Waals surface area contributed by atoms with Gasteiger partial charge in [-0.15, -0.1) is 0 Å². The van der Waals surface area contributed by atoms with Crippen LogP contribution in [0.3, 0.4) is 0 Å². The van der Waals surface area contributed by atoms with E-state index in [2.05, 4.69) is 13.8 Å². The summed E-state index contributed by atoms with van der Waals surface area (Å²) in [5, 5.41) is 0. The SMILES string of the molecule is CCCCCCCCCCCCCCCCC=COC(=O)CCSCCC(=O)OC=CCCCCCCCCCCCCCCCC. The van der Waals surface area contributed by atoms with Gasteiger partial charge in [0.2, 0.25) is 0 Å². The number of allylic oxidation sites excluding steroid dienone is 2. The molecule has 0 rings (SSSR count). The van der Waals surface area contributed by atoms with Crippen molar-refractivity contribution < 1.29 is 19.1 Å². The smallest absolute Gasteiger partial charge is 0.311 e. The molecule has 0 aromatic carbocycles. The van der Waals surface area contributed by atoms with Crippen molar-refractivity contribution in [3.8, 4) is 0 Å². The lowest BCUT2D eigenvalue weighted by Crippen LogP contribution is -2.03. The molecule has 0 spiro atoms. The van der Waals surface area contributed by atoms with E-state index in [0.29, 0.717) is 24.3 Å². The first kappa shape index (κ1) is 45.8.